The molecule has 0 radical (unpaired) electrons. The van der Waals surface area contributed by atoms with Gasteiger partial charge < -0.3 is 4.98 Å². The number of aromatic amines is 1. The number of H-pyrrole nitrogens is 1. The normalized spacial score (nSPS) is 11.0. The van der Waals surface area contributed by atoms with Crippen LogP contribution in [0.3, 0.4) is 0 Å². The minimum absolute atomic E-state index is 0.0288. The number of nitriles is 1. The highest BCUT2D eigenvalue weighted by molar-refractivity contribution is 5.83. The monoisotopic (exact) mass is 358 g/mol. The van der Waals surface area contributed by atoms with E-state index in [1.807, 2.05) is 24.3 Å². The average molecular weight is 358 g/mol. The number of nitro groups is 1. The first-order chi connectivity index (χ1) is 13.0. The molecule has 2 aromatic heterocycles. The van der Waals surface area contributed by atoms with Gasteiger partial charge in [-0.25, -0.2) is 0 Å². The van der Waals surface area contributed by atoms with Crippen molar-refractivity contribution < 1.29 is 4.92 Å². The van der Waals surface area contributed by atoms with Gasteiger partial charge in [0.1, 0.15) is 11.7 Å². The van der Waals surface area contributed by atoms with E-state index in [2.05, 4.69) is 11.1 Å². The van der Waals surface area contributed by atoms with Gasteiger partial charge >= 0.3 is 0 Å². The number of benzene rings is 2. The fourth-order valence-electron chi connectivity index (χ4n) is 3.42. The van der Waals surface area contributed by atoms with Crippen molar-refractivity contribution in [2.45, 2.75) is 13.3 Å². The molecule has 0 amide bonds. The van der Waals surface area contributed by atoms with Crippen molar-refractivity contribution in [3.05, 3.63) is 91.3 Å². The molecule has 2 aromatic carbocycles. The maximum absolute atomic E-state index is 13.2. The summed E-state index contributed by atoms with van der Waals surface area (Å²) < 4.78 is 1.51. The van der Waals surface area contributed by atoms with E-state index in [4.69, 9.17) is 0 Å². The van der Waals surface area contributed by atoms with Crippen LogP contribution < -0.4 is 5.56 Å². The predicted molar refractivity (Wildman–Crippen MR) is 101 cm³/mol. The van der Waals surface area contributed by atoms with Crippen LogP contribution in [0.15, 0.2) is 53.3 Å². The molecular formula is C20H14N4O3. The van der Waals surface area contributed by atoms with Crippen molar-refractivity contribution >= 4 is 22.4 Å². The summed E-state index contributed by atoms with van der Waals surface area (Å²) in [6, 6.07) is 15.7. The van der Waals surface area contributed by atoms with E-state index in [0.29, 0.717) is 33.4 Å². The molecule has 0 spiro atoms. The molecule has 0 aliphatic rings. The molecule has 0 saturated carbocycles. The SMILES string of the molecule is Cc1c(Cc2cccc([N+](=O)[O-])c2)c(=O)n2c([nH]c3ccccc32)c1C#N. The maximum atomic E-state index is 13.2. The molecule has 1 N–H and O–H groups in total. The van der Waals surface area contributed by atoms with Crippen LogP contribution in [-0.2, 0) is 6.42 Å². The van der Waals surface area contributed by atoms with Gasteiger partial charge in [0.25, 0.3) is 11.2 Å². The second-order valence-corrected chi connectivity index (χ2v) is 6.33. The fraction of sp³-hybridized carbons (Fsp3) is 0.100. The van der Waals surface area contributed by atoms with E-state index in [1.54, 1.807) is 19.1 Å². The van der Waals surface area contributed by atoms with E-state index in [-0.39, 0.29) is 17.7 Å². The molecule has 4 aromatic rings. The number of nitro benzene ring substituents is 1. The molecule has 0 saturated heterocycles. The van der Waals surface area contributed by atoms with E-state index in [9.17, 15) is 20.2 Å². The number of nitrogens with zero attached hydrogens (tertiary/aromatic N) is 3. The van der Waals surface area contributed by atoms with Crippen molar-refractivity contribution in [1.82, 2.24) is 9.38 Å². The lowest BCUT2D eigenvalue weighted by Gasteiger charge is -2.09. The van der Waals surface area contributed by atoms with Gasteiger partial charge in [0.05, 0.1) is 21.5 Å². The van der Waals surface area contributed by atoms with E-state index in [0.717, 1.165) is 5.52 Å². The fourth-order valence-corrected chi connectivity index (χ4v) is 3.42. The van der Waals surface area contributed by atoms with Crippen LogP contribution in [0, 0.1) is 28.4 Å². The molecule has 7 nitrogen and oxygen atoms in total. The summed E-state index contributed by atoms with van der Waals surface area (Å²) in [7, 11) is 0. The third-order valence-electron chi connectivity index (χ3n) is 4.76. The minimum Gasteiger partial charge on any atom is -0.338 e. The van der Waals surface area contributed by atoms with Gasteiger partial charge in [-0.2, -0.15) is 5.26 Å². The first-order valence-corrected chi connectivity index (χ1v) is 8.29. The number of fused-ring (bicyclic) bond motifs is 3. The second-order valence-electron chi connectivity index (χ2n) is 6.33. The summed E-state index contributed by atoms with van der Waals surface area (Å²) >= 11 is 0. The van der Waals surface area contributed by atoms with Crippen LogP contribution in [0.25, 0.3) is 16.7 Å². The molecule has 132 valence electrons. The molecule has 2 heterocycles. The Bertz CT molecular complexity index is 1330. The van der Waals surface area contributed by atoms with E-state index in [1.165, 1.54) is 16.5 Å². The van der Waals surface area contributed by atoms with Gasteiger partial charge in [-0.1, -0.05) is 24.3 Å². The van der Waals surface area contributed by atoms with Gasteiger partial charge in [-0.3, -0.25) is 19.3 Å². The third-order valence-corrected chi connectivity index (χ3v) is 4.76. The molecule has 0 aliphatic heterocycles. The average Bonchev–Trinajstić information content (AvgIpc) is 3.05. The Labute approximate surface area is 153 Å². The quantitative estimate of drug-likeness (QED) is 0.447. The van der Waals surface area contributed by atoms with Crippen molar-refractivity contribution in [1.29, 1.82) is 5.26 Å². The number of pyridine rings is 1. The minimum atomic E-state index is -0.465. The smallest absolute Gasteiger partial charge is 0.269 e. The Hall–Kier alpha value is -3.92. The van der Waals surface area contributed by atoms with Crippen LogP contribution in [0.1, 0.15) is 22.3 Å². The van der Waals surface area contributed by atoms with Crippen molar-refractivity contribution in [2.75, 3.05) is 0 Å². The Morgan fingerprint density at radius 3 is 2.74 bits per heavy atom. The number of hydrogen-bond donors (Lipinski definition) is 1. The number of non-ortho nitro benzene ring substituents is 1. The molecule has 0 atom stereocenters. The van der Waals surface area contributed by atoms with Gasteiger partial charge in [-0.15, -0.1) is 0 Å². The van der Waals surface area contributed by atoms with E-state index < -0.39 is 4.92 Å². The lowest BCUT2D eigenvalue weighted by molar-refractivity contribution is -0.384. The van der Waals surface area contributed by atoms with Crippen LogP contribution in [-0.4, -0.2) is 14.3 Å². The second kappa shape index (κ2) is 6.11. The van der Waals surface area contributed by atoms with Gasteiger partial charge in [0.2, 0.25) is 0 Å². The topological polar surface area (TPSA) is 104 Å². The lowest BCUT2D eigenvalue weighted by atomic mass is 9.98. The Morgan fingerprint density at radius 1 is 1.22 bits per heavy atom. The zero-order valence-electron chi connectivity index (χ0n) is 14.4. The molecule has 0 aliphatic carbocycles. The van der Waals surface area contributed by atoms with Crippen LogP contribution in [0.5, 0.6) is 0 Å². The molecule has 0 unspecified atom stereocenters. The molecule has 4 rings (SSSR count). The lowest BCUT2D eigenvalue weighted by Crippen LogP contribution is -2.21. The summed E-state index contributed by atoms with van der Waals surface area (Å²) in [4.78, 5) is 26.9. The first kappa shape index (κ1) is 16.5. The van der Waals surface area contributed by atoms with Crippen LogP contribution >= 0.6 is 0 Å². The molecule has 7 heteroatoms. The molecule has 0 bridgehead atoms. The van der Waals surface area contributed by atoms with Crippen LogP contribution in [0.4, 0.5) is 5.69 Å². The van der Waals surface area contributed by atoms with Gasteiger partial charge in [0.15, 0.2) is 0 Å². The highest BCUT2D eigenvalue weighted by atomic mass is 16.6. The third kappa shape index (κ3) is 2.55. The summed E-state index contributed by atoms with van der Waals surface area (Å²) in [5, 5.41) is 20.7. The zero-order valence-corrected chi connectivity index (χ0v) is 14.4. The maximum Gasteiger partial charge on any atom is 0.269 e. The highest BCUT2D eigenvalue weighted by Crippen LogP contribution is 2.23. The Kier molecular flexibility index (Phi) is 3.74. The van der Waals surface area contributed by atoms with Crippen molar-refractivity contribution in [3.8, 4) is 6.07 Å². The summed E-state index contributed by atoms with van der Waals surface area (Å²) in [5.41, 5.74) is 3.73. The number of hydrogen-bond acceptors (Lipinski definition) is 4. The van der Waals surface area contributed by atoms with Crippen LogP contribution in [0.2, 0.25) is 0 Å². The summed E-state index contributed by atoms with van der Waals surface area (Å²) in [6.45, 7) is 1.73. The predicted octanol–water partition coefficient (Wildman–Crippen LogP) is 3.46. The molecule has 0 fully saturated rings. The van der Waals surface area contributed by atoms with Gasteiger partial charge in [0, 0.05) is 24.1 Å². The van der Waals surface area contributed by atoms with Crippen molar-refractivity contribution in [3.63, 3.8) is 0 Å². The van der Waals surface area contributed by atoms with E-state index >= 15 is 0 Å². The highest BCUT2D eigenvalue weighted by Gasteiger charge is 2.19. The summed E-state index contributed by atoms with van der Waals surface area (Å²) in [5.74, 6) is 0. The molecule has 27 heavy (non-hydrogen) atoms. The number of para-hydroxylation sites is 2. The number of aromatic nitrogens is 2. The number of rotatable bonds is 3. The number of nitrogens with one attached hydrogen (secondary N) is 1. The standard InChI is InChI=1S/C20H14N4O3/c1-12-15(10-13-5-4-6-14(9-13)24(26)27)20(25)23-18-8-3-2-7-17(18)22-19(23)16(12)11-21/h2-9,22H,10H2,1H3. The Morgan fingerprint density at radius 2 is 2.00 bits per heavy atom. The summed E-state index contributed by atoms with van der Waals surface area (Å²) in [6.07, 6.45) is 0.212. The van der Waals surface area contributed by atoms with Gasteiger partial charge in [-0.05, 0) is 30.2 Å². The molecular weight excluding hydrogens is 344 g/mol. The largest absolute Gasteiger partial charge is 0.338 e. The first-order valence-electron chi connectivity index (χ1n) is 8.29. The number of imidazole rings is 1. The Balaban J connectivity index is 2.00. The zero-order chi connectivity index (χ0) is 19.1. The van der Waals surface area contributed by atoms with Crippen molar-refractivity contribution in [2.24, 2.45) is 0 Å².